The highest BCUT2D eigenvalue weighted by Gasteiger charge is 2.06. The molecule has 0 aromatic rings. The van der Waals surface area contributed by atoms with Gasteiger partial charge in [-0.3, -0.25) is 4.99 Å². The summed E-state index contributed by atoms with van der Waals surface area (Å²) in [6.07, 6.45) is 2.58. The smallest absolute Gasteiger partial charge is 0.0794 e. The van der Waals surface area contributed by atoms with E-state index in [4.69, 9.17) is 5.73 Å². The lowest BCUT2D eigenvalue weighted by Crippen LogP contribution is -2.25. The Hall–Kier alpha value is -0.610. The molecular weight excluding hydrogens is 164 g/mol. The molecule has 0 saturated carbocycles. The quantitative estimate of drug-likeness (QED) is 0.423. The van der Waals surface area contributed by atoms with E-state index in [0.29, 0.717) is 0 Å². The maximum absolute atomic E-state index is 4.74. The van der Waals surface area contributed by atoms with Crippen LogP contribution in [-0.2, 0) is 0 Å². The van der Waals surface area contributed by atoms with Crippen molar-refractivity contribution in [2.24, 2.45) is 10.7 Å². The summed E-state index contributed by atoms with van der Waals surface area (Å²) in [5.41, 5.74) is 4.74. The van der Waals surface area contributed by atoms with Gasteiger partial charge in [0.15, 0.2) is 0 Å². The Morgan fingerprint density at radius 3 is 1.77 bits per heavy atom. The van der Waals surface area contributed by atoms with Gasteiger partial charge in [0.05, 0.1) is 6.34 Å². The summed E-state index contributed by atoms with van der Waals surface area (Å²) in [5, 5.41) is 0. The number of hydrogen-bond acceptors (Lipinski definition) is 3. The molecule has 4 heteroatoms. The van der Waals surface area contributed by atoms with E-state index in [2.05, 4.69) is 28.9 Å². The topological polar surface area (TPSA) is 44.9 Å². The molecule has 1 fully saturated rings. The maximum Gasteiger partial charge on any atom is 0.0794 e. The fourth-order valence-electron chi connectivity index (χ4n) is 1.18. The van der Waals surface area contributed by atoms with E-state index in [1.54, 1.807) is 7.05 Å². The van der Waals surface area contributed by atoms with Gasteiger partial charge in [-0.2, -0.15) is 0 Å². The van der Waals surface area contributed by atoms with Gasteiger partial charge in [-0.25, -0.2) is 0 Å². The van der Waals surface area contributed by atoms with E-state index in [9.17, 15) is 0 Å². The molecule has 2 N–H and O–H groups in total. The van der Waals surface area contributed by atoms with E-state index in [1.807, 2.05) is 0 Å². The SMILES string of the molecule is CN1CCCN(C)CC1.CN=CN. The lowest BCUT2D eigenvalue weighted by molar-refractivity contribution is 0.320. The normalized spacial score (nSPS) is 20.8. The first-order valence-corrected chi connectivity index (χ1v) is 4.70. The lowest BCUT2D eigenvalue weighted by atomic mass is 10.4. The van der Waals surface area contributed by atoms with Crippen molar-refractivity contribution in [3.8, 4) is 0 Å². The second-order valence-electron chi connectivity index (χ2n) is 3.37. The number of hydrogen-bond donors (Lipinski definition) is 1. The summed E-state index contributed by atoms with van der Waals surface area (Å²) in [5.74, 6) is 0. The molecule has 0 unspecified atom stereocenters. The summed E-state index contributed by atoms with van der Waals surface area (Å²) in [6, 6.07) is 0. The number of aliphatic imine (C=N–C) groups is 1. The molecule has 1 aliphatic rings. The summed E-state index contributed by atoms with van der Waals surface area (Å²) in [6.45, 7) is 5.00. The fraction of sp³-hybridized carbons (Fsp3) is 0.889. The molecule has 78 valence electrons. The highest BCUT2D eigenvalue weighted by atomic mass is 15.2. The van der Waals surface area contributed by atoms with Gasteiger partial charge in [0.25, 0.3) is 0 Å². The molecule has 13 heavy (non-hydrogen) atoms. The summed E-state index contributed by atoms with van der Waals surface area (Å²) in [7, 11) is 6.01. The van der Waals surface area contributed by atoms with Crippen molar-refractivity contribution in [2.45, 2.75) is 6.42 Å². The Balaban J connectivity index is 0.000000310. The van der Waals surface area contributed by atoms with Gasteiger partial charge >= 0.3 is 0 Å². The second-order valence-corrected chi connectivity index (χ2v) is 3.37. The largest absolute Gasteiger partial charge is 0.390 e. The molecule has 1 saturated heterocycles. The van der Waals surface area contributed by atoms with Gasteiger partial charge < -0.3 is 15.5 Å². The highest BCUT2D eigenvalue weighted by Crippen LogP contribution is 1.96. The van der Waals surface area contributed by atoms with Gasteiger partial charge in [0, 0.05) is 20.1 Å². The molecule has 0 spiro atoms. The highest BCUT2D eigenvalue weighted by molar-refractivity contribution is 5.50. The Bertz CT molecular complexity index is 122. The Kier molecular flexibility index (Phi) is 7.63. The molecule has 4 nitrogen and oxygen atoms in total. The van der Waals surface area contributed by atoms with Crippen molar-refractivity contribution in [1.82, 2.24) is 9.80 Å². The fourth-order valence-corrected chi connectivity index (χ4v) is 1.18. The van der Waals surface area contributed by atoms with Crippen LogP contribution in [0, 0.1) is 0 Å². The molecular formula is C9H22N4. The lowest BCUT2D eigenvalue weighted by Gasteiger charge is -2.13. The zero-order valence-corrected chi connectivity index (χ0v) is 9.03. The third-order valence-electron chi connectivity index (χ3n) is 2.09. The van der Waals surface area contributed by atoms with Crippen LogP contribution in [0.5, 0.6) is 0 Å². The molecule has 0 aromatic carbocycles. The Labute approximate surface area is 81.4 Å². The predicted molar refractivity (Wildman–Crippen MR) is 58.2 cm³/mol. The van der Waals surface area contributed by atoms with Crippen LogP contribution in [0.4, 0.5) is 0 Å². The van der Waals surface area contributed by atoms with Crippen molar-refractivity contribution < 1.29 is 0 Å². The molecule has 0 atom stereocenters. The van der Waals surface area contributed by atoms with Crippen molar-refractivity contribution in [2.75, 3.05) is 47.3 Å². The van der Waals surface area contributed by atoms with Crippen LogP contribution in [0.3, 0.4) is 0 Å². The van der Waals surface area contributed by atoms with Gasteiger partial charge in [-0.1, -0.05) is 0 Å². The standard InChI is InChI=1S/C7H16N2.C2H6N2/c1-8-4-3-5-9(2)7-6-8;1-4-2-3/h3-7H2,1-2H3;2H,1H3,(H2,3,4). The van der Waals surface area contributed by atoms with Crippen molar-refractivity contribution in [3.63, 3.8) is 0 Å². The molecule has 0 aromatic heterocycles. The first kappa shape index (κ1) is 12.4. The Morgan fingerprint density at radius 1 is 1.08 bits per heavy atom. The van der Waals surface area contributed by atoms with Crippen LogP contribution in [0.15, 0.2) is 4.99 Å². The predicted octanol–water partition coefficient (Wildman–Crippen LogP) is -0.143. The van der Waals surface area contributed by atoms with E-state index in [0.717, 1.165) is 0 Å². The van der Waals surface area contributed by atoms with Crippen molar-refractivity contribution in [1.29, 1.82) is 0 Å². The minimum atomic E-state index is 1.23. The molecule has 0 bridgehead atoms. The zero-order chi connectivity index (χ0) is 10.1. The average Bonchev–Trinajstić information content (AvgIpc) is 2.32. The van der Waals surface area contributed by atoms with Crippen LogP contribution in [-0.4, -0.2) is 63.5 Å². The van der Waals surface area contributed by atoms with Crippen molar-refractivity contribution in [3.05, 3.63) is 0 Å². The van der Waals surface area contributed by atoms with Gasteiger partial charge in [0.1, 0.15) is 0 Å². The van der Waals surface area contributed by atoms with Crippen LogP contribution in [0.2, 0.25) is 0 Å². The minimum Gasteiger partial charge on any atom is -0.390 e. The molecule has 0 radical (unpaired) electrons. The minimum absolute atomic E-state index is 1.23. The summed E-state index contributed by atoms with van der Waals surface area (Å²) in [4.78, 5) is 8.17. The molecule has 0 amide bonds. The van der Waals surface area contributed by atoms with Crippen LogP contribution >= 0.6 is 0 Å². The first-order valence-electron chi connectivity index (χ1n) is 4.70. The summed E-state index contributed by atoms with van der Waals surface area (Å²) >= 11 is 0. The van der Waals surface area contributed by atoms with E-state index < -0.39 is 0 Å². The average molecular weight is 186 g/mol. The molecule has 1 rings (SSSR count). The second kappa shape index (κ2) is 8.01. The first-order chi connectivity index (χ1) is 6.20. The van der Waals surface area contributed by atoms with Gasteiger partial charge in [0.2, 0.25) is 0 Å². The van der Waals surface area contributed by atoms with E-state index in [-0.39, 0.29) is 0 Å². The maximum atomic E-state index is 4.74. The monoisotopic (exact) mass is 186 g/mol. The summed E-state index contributed by atoms with van der Waals surface area (Å²) < 4.78 is 0. The number of likely N-dealkylation sites (N-methyl/N-ethyl adjacent to an activating group) is 2. The van der Waals surface area contributed by atoms with E-state index in [1.165, 1.54) is 38.9 Å². The third-order valence-corrected chi connectivity index (χ3v) is 2.09. The van der Waals surface area contributed by atoms with E-state index >= 15 is 0 Å². The van der Waals surface area contributed by atoms with Crippen LogP contribution in [0.1, 0.15) is 6.42 Å². The van der Waals surface area contributed by atoms with Crippen LogP contribution in [0.25, 0.3) is 0 Å². The molecule has 1 heterocycles. The number of nitrogens with two attached hydrogens (primary N) is 1. The van der Waals surface area contributed by atoms with Gasteiger partial charge in [-0.05, 0) is 33.6 Å². The third kappa shape index (κ3) is 7.74. The van der Waals surface area contributed by atoms with Crippen LogP contribution < -0.4 is 5.73 Å². The van der Waals surface area contributed by atoms with Gasteiger partial charge in [-0.15, -0.1) is 0 Å². The van der Waals surface area contributed by atoms with Crippen molar-refractivity contribution >= 4 is 6.34 Å². The zero-order valence-electron chi connectivity index (χ0n) is 9.03. The Morgan fingerprint density at radius 2 is 1.46 bits per heavy atom. The molecule has 0 aliphatic carbocycles. The molecule has 1 aliphatic heterocycles. The number of rotatable bonds is 0. The number of nitrogens with zero attached hydrogens (tertiary/aromatic N) is 3.